The van der Waals surface area contributed by atoms with Gasteiger partial charge in [0, 0.05) is 18.4 Å². The van der Waals surface area contributed by atoms with Gasteiger partial charge in [0.05, 0.1) is 5.56 Å². The predicted octanol–water partition coefficient (Wildman–Crippen LogP) is 3.55. The molecule has 0 unspecified atom stereocenters. The number of hydrogen-bond acceptors (Lipinski definition) is 2. The molecule has 5 heteroatoms. The molecule has 2 N–H and O–H groups in total. The number of carbonyl (C=O) groups excluding carboxylic acids is 1. The normalized spacial score (nSPS) is 11.2. The highest BCUT2D eigenvalue weighted by Gasteiger charge is 2.24. The molecule has 0 radical (unpaired) electrons. The van der Waals surface area contributed by atoms with Crippen LogP contribution in [0.25, 0.3) is 0 Å². The molecule has 2 rings (SSSR count). The van der Waals surface area contributed by atoms with Gasteiger partial charge >= 0.3 is 5.97 Å². The largest absolute Gasteiger partial charge is 0.478 e. The lowest BCUT2D eigenvalue weighted by atomic mass is 9.84. The molecule has 0 heterocycles. The van der Waals surface area contributed by atoms with Gasteiger partial charge in [-0.15, -0.1) is 0 Å². The van der Waals surface area contributed by atoms with Crippen molar-refractivity contribution in [2.45, 2.75) is 32.1 Å². The standard InChI is InChI=1S/C20H22FNO3/c1-20(2,16-9-5-6-10-17(16)21)13-22-18(23)12-11-14-7-3-4-8-15(14)19(24)25/h3-10H,11-13H2,1-2H3,(H,22,23)(H,24,25). The number of rotatable bonds is 7. The Morgan fingerprint density at radius 2 is 1.72 bits per heavy atom. The minimum Gasteiger partial charge on any atom is -0.478 e. The molecule has 0 spiro atoms. The van der Waals surface area contributed by atoms with E-state index in [2.05, 4.69) is 5.32 Å². The lowest BCUT2D eigenvalue weighted by Crippen LogP contribution is -2.37. The molecule has 132 valence electrons. The van der Waals surface area contributed by atoms with Crippen LogP contribution in [0.1, 0.15) is 41.8 Å². The molecule has 0 aromatic heterocycles. The highest BCUT2D eigenvalue weighted by atomic mass is 19.1. The third kappa shape index (κ3) is 4.89. The average molecular weight is 343 g/mol. The topological polar surface area (TPSA) is 66.4 Å². The first-order chi connectivity index (χ1) is 11.8. The summed E-state index contributed by atoms with van der Waals surface area (Å²) in [7, 11) is 0. The second-order valence-corrected chi connectivity index (χ2v) is 6.60. The second-order valence-electron chi connectivity index (χ2n) is 6.60. The molecule has 0 saturated heterocycles. The third-order valence-corrected chi connectivity index (χ3v) is 4.20. The summed E-state index contributed by atoms with van der Waals surface area (Å²) in [5, 5.41) is 12.0. The van der Waals surface area contributed by atoms with Crippen LogP contribution in [-0.4, -0.2) is 23.5 Å². The molecule has 1 amide bonds. The van der Waals surface area contributed by atoms with E-state index in [1.165, 1.54) is 12.1 Å². The van der Waals surface area contributed by atoms with Gasteiger partial charge < -0.3 is 10.4 Å². The Kier molecular flexibility index (Phi) is 5.91. The van der Waals surface area contributed by atoms with Crippen LogP contribution in [0, 0.1) is 5.82 Å². The van der Waals surface area contributed by atoms with Crippen LogP contribution in [-0.2, 0) is 16.6 Å². The van der Waals surface area contributed by atoms with Crippen LogP contribution in [0.4, 0.5) is 4.39 Å². The predicted molar refractivity (Wildman–Crippen MR) is 94.2 cm³/mol. The van der Waals surface area contributed by atoms with E-state index in [4.69, 9.17) is 5.11 Å². The molecule has 0 fully saturated rings. The van der Waals surface area contributed by atoms with Crippen molar-refractivity contribution in [3.63, 3.8) is 0 Å². The fourth-order valence-corrected chi connectivity index (χ4v) is 2.71. The number of carbonyl (C=O) groups is 2. The summed E-state index contributed by atoms with van der Waals surface area (Å²) < 4.78 is 13.9. The highest BCUT2D eigenvalue weighted by Crippen LogP contribution is 2.24. The maximum absolute atomic E-state index is 13.9. The maximum atomic E-state index is 13.9. The molecule has 0 aliphatic heterocycles. The average Bonchev–Trinajstić information content (AvgIpc) is 2.58. The van der Waals surface area contributed by atoms with E-state index in [0.29, 0.717) is 24.1 Å². The molecule has 0 atom stereocenters. The SMILES string of the molecule is CC(C)(CNC(=O)CCc1ccccc1C(=O)O)c1ccccc1F. The maximum Gasteiger partial charge on any atom is 0.335 e. The van der Waals surface area contributed by atoms with Crippen LogP contribution < -0.4 is 5.32 Å². The summed E-state index contributed by atoms with van der Waals surface area (Å²) in [4.78, 5) is 23.3. The lowest BCUT2D eigenvalue weighted by Gasteiger charge is -2.26. The monoisotopic (exact) mass is 343 g/mol. The summed E-state index contributed by atoms with van der Waals surface area (Å²) in [5.41, 5.74) is 0.840. The number of hydrogen-bond donors (Lipinski definition) is 2. The quantitative estimate of drug-likeness (QED) is 0.808. The van der Waals surface area contributed by atoms with Crippen LogP contribution >= 0.6 is 0 Å². The van der Waals surface area contributed by atoms with E-state index in [0.717, 1.165) is 0 Å². The van der Waals surface area contributed by atoms with Crippen molar-refractivity contribution in [1.82, 2.24) is 5.32 Å². The molecule has 4 nitrogen and oxygen atoms in total. The summed E-state index contributed by atoms with van der Waals surface area (Å²) in [6, 6.07) is 13.2. The molecule has 2 aromatic rings. The number of nitrogens with one attached hydrogen (secondary N) is 1. The Hall–Kier alpha value is -2.69. The number of benzene rings is 2. The third-order valence-electron chi connectivity index (χ3n) is 4.20. The van der Waals surface area contributed by atoms with E-state index >= 15 is 0 Å². The second kappa shape index (κ2) is 7.92. The molecule has 2 aromatic carbocycles. The fourth-order valence-electron chi connectivity index (χ4n) is 2.71. The Balaban J connectivity index is 1.93. The van der Waals surface area contributed by atoms with E-state index in [1.807, 2.05) is 13.8 Å². The summed E-state index contributed by atoms with van der Waals surface area (Å²) >= 11 is 0. The molecular weight excluding hydrogens is 321 g/mol. The Labute approximate surface area is 146 Å². The van der Waals surface area contributed by atoms with Gasteiger partial charge in [0.25, 0.3) is 0 Å². The highest BCUT2D eigenvalue weighted by molar-refractivity contribution is 5.89. The zero-order valence-electron chi connectivity index (χ0n) is 14.4. The Morgan fingerprint density at radius 1 is 1.08 bits per heavy atom. The molecule has 0 aliphatic rings. The van der Waals surface area contributed by atoms with Gasteiger partial charge in [0.15, 0.2) is 0 Å². The minimum absolute atomic E-state index is 0.178. The zero-order valence-corrected chi connectivity index (χ0v) is 14.4. The van der Waals surface area contributed by atoms with Crippen molar-refractivity contribution in [3.8, 4) is 0 Å². The van der Waals surface area contributed by atoms with Gasteiger partial charge in [-0.25, -0.2) is 9.18 Å². The first-order valence-corrected chi connectivity index (χ1v) is 8.14. The number of halogens is 1. The smallest absolute Gasteiger partial charge is 0.335 e. The van der Waals surface area contributed by atoms with Gasteiger partial charge in [-0.2, -0.15) is 0 Å². The first-order valence-electron chi connectivity index (χ1n) is 8.14. The number of aromatic carboxylic acids is 1. The van der Waals surface area contributed by atoms with Crippen molar-refractivity contribution >= 4 is 11.9 Å². The van der Waals surface area contributed by atoms with Crippen molar-refractivity contribution < 1.29 is 19.1 Å². The van der Waals surface area contributed by atoms with E-state index in [1.54, 1.807) is 36.4 Å². The summed E-state index contributed by atoms with van der Waals surface area (Å²) in [6.45, 7) is 4.03. The van der Waals surface area contributed by atoms with E-state index in [9.17, 15) is 14.0 Å². The number of carboxylic acids is 1. The fraction of sp³-hybridized carbons (Fsp3) is 0.300. The molecule has 0 bridgehead atoms. The minimum atomic E-state index is -1.00. The van der Waals surface area contributed by atoms with E-state index in [-0.39, 0.29) is 23.7 Å². The summed E-state index contributed by atoms with van der Waals surface area (Å²) in [6.07, 6.45) is 0.520. The van der Waals surface area contributed by atoms with Gasteiger partial charge in [0.1, 0.15) is 5.82 Å². The molecule has 0 saturated carbocycles. The number of carboxylic acid groups (broad SMARTS) is 1. The van der Waals surface area contributed by atoms with Gasteiger partial charge in [0.2, 0.25) is 5.91 Å². The Morgan fingerprint density at radius 3 is 2.40 bits per heavy atom. The summed E-state index contributed by atoms with van der Waals surface area (Å²) in [5.74, 6) is -1.49. The van der Waals surface area contributed by atoms with Crippen molar-refractivity contribution in [1.29, 1.82) is 0 Å². The van der Waals surface area contributed by atoms with Crippen LogP contribution in [0.15, 0.2) is 48.5 Å². The van der Waals surface area contributed by atoms with Gasteiger partial charge in [-0.3, -0.25) is 4.79 Å². The van der Waals surface area contributed by atoms with Crippen molar-refractivity contribution in [2.24, 2.45) is 0 Å². The van der Waals surface area contributed by atoms with Gasteiger partial charge in [-0.05, 0) is 29.7 Å². The number of amides is 1. The zero-order chi connectivity index (χ0) is 18.4. The van der Waals surface area contributed by atoms with Gasteiger partial charge in [-0.1, -0.05) is 50.2 Å². The van der Waals surface area contributed by atoms with Crippen LogP contribution in [0.3, 0.4) is 0 Å². The number of aryl methyl sites for hydroxylation is 1. The van der Waals surface area contributed by atoms with Crippen molar-refractivity contribution in [2.75, 3.05) is 6.54 Å². The van der Waals surface area contributed by atoms with Crippen LogP contribution in [0.2, 0.25) is 0 Å². The first kappa shape index (κ1) is 18.6. The molecule has 0 aliphatic carbocycles. The Bertz CT molecular complexity index is 771. The lowest BCUT2D eigenvalue weighted by molar-refractivity contribution is -0.121. The van der Waals surface area contributed by atoms with Crippen LogP contribution in [0.5, 0.6) is 0 Å². The van der Waals surface area contributed by atoms with E-state index < -0.39 is 11.4 Å². The molecular formula is C20H22FNO3. The molecule has 25 heavy (non-hydrogen) atoms. The van der Waals surface area contributed by atoms with Crippen molar-refractivity contribution in [3.05, 3.63) is 71.0 Å².